The molecular weight excluding hydrogens is 344 g/mol. The minimum atomic E-state index is -0.292. The van der Waals surface area contributed by atoms with Crippen molar-refractivity contribution in [1.29, 1.82) is 0 Å². The molecule has 4 nitrogen and oxygen atoms in total. The molecule has 20 heavy (non-hydrogen) atoms. The lowest BCUT2D eigenvalue weighted by atomic mass is 10.1. The van der Waals surface area contributed by atoms with Crippen molar-refractivity contribution in [3.05, 3.63) is 33.3 Å². The third-order valence-electron chi connectivity index (χ3n) is 2.35. The highest BCUT2D eigenvalue weighted by Gasteiger charge is 2.15. The van der Waals surface area contributed by atoms with E-state index in [1.807, 2.05) is 20.8 Å². The highest BCUT2D eigenvalue weighted by atomic mass is 79.9. The minimum absolute atomic E-state index is 0.0989. The third kappa shape index (κ3) is 5.51. The van der Waals surface area contributed by atoms with E-state index in [2.05, 4.69) is 26.6 Å². The maximum absolute atomic E-state index is 11.9. The lowest BCUT2D eigenvalue weighted by Gasteiger charge is -2.20. The topological polar surface area (TPSA) is 58.2 Å². The average Bonchev–Trinajstić information content (AvgIpc) is 2.30. The molecule has 0 unspecified atom stereocenters. The predicted octanol–water partition coefficient (Wildman–Crippen LogP) is 3.14. The zero-order chi connectivity index (χ0) is 15.3. The zero-order valence-electron chi connectivity index (χ0n) is 11.7. The first-order chi connectivity index (χ1) is 9.20. The van der Waals surface area contributed by atoms with E-state index < -0.39 is 0 Å². The number of carbonyl (C=O) groups excluding carboxylic acids is 2. The van der Waals surface area contributed by atoms with Crippen LogP contribution in [0.5, 0.6) is 0 Å². The van der Waals surface area contributed by atoms with E-state index in [1.165, 1.54) is 0 Å². The van der Waals surface area contributed by atoms with Gasteiger partial charge >= 0.3 is 0 Å². The van der Waals surface area contributed by atoms with Crippen molar-refractivity contribution >= 4 is 39.3 Å². The second-order valence-electron chi connectivity index (χ2n) is 5.41. The van der Waals surface area contributed by atoms with Gasteiger partial charge in [0.15, 0.2) is 0 Å². The molecule has 0 aromatic heterocycles. The Bertz CT molecular complexity index is 512. The van der Waals surface area contributed by atoms with Gasteiger partial charge < -0.3 is 10.6 Å². The largest absolute Gasteiger partial charge is 0.351 e. The van der Waals surface area contributed by atoms with Gasteiger partial charge in [0.1, 0.15) is 0 Å². The van der Waals surface area contributed by atoms with E-state index in [4.69, 9.17) is 11.6 Å². The number of carbonyl (C=O) groups is 2. The fraction of sp³-hybridized carbons (Fsp3) is 0.429. The summed E-state index contributed by atoms with van der Waals surface area (Å²) in [5.41, 5.74) is 0.117. The van der Waals surface area contributed by atoms with Crippen LogP contribution in [0, 0.1) is 0 Å². The van der Waals surface area contributed by atoms with Crippen LogP contribution in [0.4, 0.5) is 0 Å². The lowest BCUT2D eigenvalue weighted by molar-refractivity contribution is -0.122. The average molecular weight is 362 g/mol. The number of benzene rings is 1. The normalized spacial score (nSPS) is 11.1. The van der Waals surface area contributed by atoms with Crippen molar-refractivity contribution in [2.45, 2.75) is 32.7 Å². The van der Waals surface area contributed by atoms with Gasteiger partial charge in [-0.3, -0.25) is 9.59 Å². The molecule has 0 saturated carbocycles. The predicted molar refractivity (Wildman–Crippen MR) is 84.0 cm³/mol. The molecule has 0 bridgehead atoms. The summed E-state index contributed by atoms with van der Waals surface area (Å²) in [6, 6.07) is 5.13. The van der Waals surface area contributed by atoms with Crippen LogP contribution < -0.4 is 10.6 Å². The summed E-state index contributed by atoms with van der Waals surface area (Å²) in [4.78, 5) is 23.5. The Balaban J connectivity index is 2.48. The van der Waals surface area contributed by atoms with Gasteiger partial charge in [0.25, 0.3) is 5.91 Å². The fourth-order valence-corrected chi connectivity index (χ4v) is 2.12. The number of hydrogen-bond acceptors (Lipinski definition) is 2. The summed E-state index contributed by atoms with van der Waals surface area (Å²) in [6.07, 6.45) is 0.231. The van der Waals surface area contributed by atoms with Gasteiger partial charge in [0, 0.05) is 23.0 Å². The van der Waals surface area contributed by atoms with Gasteiger partial charge in [-0.2, -0.15) is 0 Å². The molecule has 0 atom stereocenters. The molecule has 6 heteroatoms. The van der Waals surface area contributed by atoms with Crippen molar-refractivity contribution < 1.29 is 9.59 Å². The Morgan fingerprint density at radius 2 is 1.95 bits per heavy atom. The summed E-state index contributed by atoms with van der Waals surface area (Å²) in [5, 5.41) is 5.87. The van der Waals surface area contributed by atoms with Gasteiger partial charge in [-0.25, -0.2) is 0 Å². The summed E-state index contributed by atoms with van der Waals surface area (Å²) in [7, 11) is 0. The first kappa shape index (κ1) is 17.0. The summed E-state index contributed by atoms with van der Waals surface area (Å²) < 4.78 is 0.664. The van der Waals surface area contributed by atoms with Crippen LogP contribution in [-0.4, -0.2) is 23.9 Å². The molecule has 110 valence electrons. The monoisotopic (exact) mass is 360 g/mol. The Kier molecular flexibility index (Phi) is 6.02. The maximum Gasteiger partial charge on any atom is 0.252 e. The molecule has 1 aromatic carbocycles. The number of amides is 2. The zero-order valence-corrected chi connectivity index (χ0v) is 14.1. The molecule has 0 aliphatic heterocycles. The SMILES string of the molecule is CC(C)(C)NC(=O)CCNC(=O)c1cccc(Br)c1Cl. The van der Waals surface area contributed by atoms with Crippen molar-refractivity contribution in [1.82, 2.24) is 10.6 Å². The molecule has 0 radical (unpaired) electrons. The molecule has 0 aliphatic carbocycles. The van der Waals surface area contributed by atoms with Crippen molar-refractivity contribution in [3.8, 4) is 0 Å². The van der Waals surface area contributed by atoms with Crippen molar-refractivity contribution in [3.63, 3.8) is 0 Å². The van der Waals surface area contributed by atoms with Gasteiger partial charge in [-0.1, -0.05) is 17.7 Å². The molecular formula is C14H18BrClN2O2. The summed E-state index contributed by atoms with van der Waals surface area (Å²) in [5.74, 6) is -0.391. The van der Waals surface area contributed by atoms with Crippen LogP contribution in [0.2, 0.25) is 5.02 Å². The van der Waals surface area contributed by atoms with Crippen LogP contribution >= 0.6 is 27.5 Å². The smallest absolute Gasteiger partial charge is 0.252 e. The quantitative estimate of drug-likeness (QED) is 0.865. The van der Waals surface area contributed by atoms with E-state index in [9.17, 15) is 9.59 Å². The Morgan fingerprint density at radius 1 is 1.30 bits per heavy atom. The van der Waals surface area contributed by atoms with Crippen LogP contribution in [0.25, 0.3) is 0 Å². The van der Waals surface area contributed by atoms with Crippen LogP contribution in [0.3, 0.4) is 0 Å². The van der Waals surface area contributed by atoms with E-state index in [0.29, 0.717) is 15.1 Å². The summed E-state index contributed by atoms with van der Waals surface area (Å²) in [6.45, 7) is 5.99. The van der Waals surface area contributed by atoms with Crippen LogP contribution in [-0.2, 0) is 4.79 Å². The number of hydrogen-bond donors (Lipinski definition) is 2. The lowest BCUT2D eigenvalue weighted by Crippen LogP contribution is -2.42. The van der Waals surface area contributed by atoms with E-state index in [1.54, 1.807) is 18.2 Å². The molecule has 0 heterocycles. The molecule has 0 spiro atoms. The molecule has 2 amide bonds. The first-order valence-corrected chi connectivity index (χ1v) is 7.41. The molecule has 0 fully saturated rings. The van der Waals surface area contributed by atoms with Crippen LogP contribution in [0.15, 0.2) is 22.7 Å². The number of halogens is 2. The molecule has 1 rings (SSSR count). The Labute approximate surface area is 132 Å². The van der Waals surface area contributed by atoms with E-state index >= 15 is 0 Å². The number of rotatable bonds is 4. The number of nitrogens with one attached hydrogen (secondary N) is 2. The van der Waals surface area contributed by atoms with E-state index in [-0.39, 0.29) is 30.3 Å². The second-order valence-corrected chi connectivity index (χ2v) is 6.64. The maximum atomic E-state index is 11.9. The Morgan fingerprint density at radius 3 is 2.55 bits per heavy atom. The van der Waals surface area contributed by atoms with Crippen molar-refractivity contribution in [2.24, 2.45) is 0 Å². The first-order valence-electron chi connectivity index (χ1n) is 6.24. The molecule has 2 N–H and O–H groups in total. The molecule has 0 aliphatic rings. The van der Waals surface area contributed by atoms with Crippen molar-refractivity contribution in [2.75, 3.05) is 6.54 Å². The molecule has 0 saturated heterocycles. The molecule has 1 aromatic rings. The standard InChI is InChI=1S/C14H18BrClN2O2/c1-14(2,3)18-11(19)7-8-17-13(20)9-5-4-6-10(15)12(9)16/h4-6H,7-8H2,1-3H3,(H,17,20)(H,18,19). The Hall–Kier alpha value is -1.07. The van der Waals surface area contributed by atoms with E-state index in [0.717, 1.165) is 0 Å². The van der Waals surface area contributed by atoms with Gasteiger partial charge in [0.2, 0.25) is 5.91 Å². The van der Waals surface area contributed by atoms with Gasteiger partial charge in [-0.15, -0.1) is 0 Å². The third-order valence-corrected chi connectivity index (χ3v) is 3.64. The van der Waals surface area contributed by atoms with Gasteiger partial charge in [0.05, 0.1) is 10.6 Å². The summed E-state index contributed by atoms with van der Waals surface area (Å²) >= 11 is 9.29. The second kappa shape index (κ2) is 7.09. The van der Waals surface area contributed by atoms with Gasteiger partial charge in [-0.05, 0) is 48.8 Å². The van der Waals surface area contributed by atoms with Crippen LogP contribution in [0.1, 0.15) is 37.6 Å². The highest BCUT2D eigenvalue weighted by Crippen LogP contribution is 2.25. The fourth-order valence-electron chi connectivity index (χ4n) is 1.54. The minimum Gasteiger partial charge on any atom is -0.351 e. The highest BCUT2D eigenvalue weighted by molar-refractivity contribution is 9.10.